The van der Waals surface area contributed by atoms with E-state index >= 15 is 0 Å². The summed E-state index contributed by atoms with van der Waals surface area (Å²) in [4.78, 5) is 125. The summed E-state index contributed by atoms with van der Waals surface area (Å²) in [6.07, 6.45) is -23.6. The van der Waals surface area contributed by atoms with Gasteiger partial charge in [0.1, 0.15) is 56.4 Å². The second kappa shape index (κ2) is 25.2. The zero-order valence-corrected chi connectivity index (χ0v) is 38.0. The van der Waals surface area contributed by atoms with Crippen LogP contribution >= 0.6 is 0 Å². The molecule has 3 aliphatic heterocycles. The van der Waals surface area contributed by atoms with E-state index in [-0.39, 0.29) is 6.42 Å². The van der Waals surface area contributed by atoms with Gasteiger partial charge < -0.3 is 71.1 Å². The number of esters is 10. The summed E-state index contributed by atoms with van der Waals surface area (Å²) < 4.78 is 86.2. The summed E-state index contributed by atoms with van der Waals surface area (Å²) in [5, 5.41) is 0. The van der Waals surface area contributed by atoms with Gasteiger partial charge in [-0.05, 0) is 6.42 Å². The smallest absolute Gasteiger partial charge is 0.303 e. The highest BCUT2D eigenvalue weighted by molar-refractivity contribution is 5.70. The first-order valence-corrected chi connectivity index (χ1v) is 20.4. The first-order valence-electron chi connectivity index (χ1n) is 20.4. The first-order chi connectivity index (χ1) is 30.9. The predicted molar refractivity (Wildman–Crippen MR) is 209 cm³/mol. The van der Waals surface area contributed by atoms with Crippen molar-refractivity contribution in [3.05, 3.63) is 12.7 Å². The Labute approximate surface area is 378 Å². The van der Waals surface area contributed by atoms with Crippen molar-refractivity contribution in [2.75, 3.05) is 19.8 Å². The molecule has 25 heteroatoms. The van der Waals surface area contributed by atoms with Crippen molar-refractivity contribution >= 4 is 59.7 Å². The molecule has 0 aliphatic carbocycles. The lowest BCUT2D eigenvalue weighted by Crippen LogP contribution is -2.68. The van der Waals surface area contributed by atoms with Gasteiger partial charge in [-0.2, -0.15) is 0 Å². The van der Waals surface area contributed by atoms with E-state index in [0.29, 0.717) is 0 Å². The third-order valence-electron chi connectivity index (χ3n) is 9.36. The standard InChI is InChI=1S/C41H56O25/c1-12-13-27-31(55-20(5)45)35(57-22(7)47)33(28(62-27)14-52-17(2)42)65-41-39(61-26(11)51)37(59-24(9)49)34(30(64-41)16-54-19(4)44)66-40-38(60-25(10)50)36(58-23(8)48)32(56-21(6)46)29(63-40)15-53-18(3)43/h12,27-41H,1,13-16H2,2-11H3/t27-,28+,29+,30+,31-,32+,33+,34+,35+,36-,37-,38+,39+,40-,41-/m0/s1. The quantitative estimate of drug-likeness (QED) is 0.0916. The van der Waals surface area contributed by atoms with Gasteiger partial charge in [-0.15, -0.1) is 6.58 Å². The lowest BCUT2D eigenvalue weighted by Gasteiger charge is -2.50. The summed E-state index contributed by atoms with van der Waals surface area (Å²) >= 11 is 0. The molecule has 0 radical (unpaired) electrons. The van der Waals surface area contributed by atoms with E-state index in [1.54, 1.807) is 0 Å². The molecule has 0 aromatic carbocycles. The second-order valence-corrected chi connectivity index (χ2v) is 15.0. The number of ether oxygens (including phenoxy) is 15. The molecule has 0 unspecified atom stereocenters. The van der Waals surface area contributed by atoms with Gasteiger partial charge in [-0.3, -0.25) is 47.9 Å². The third kappa shape index (κ3) is 16.3. The van der Waals surface area contributed by atoms with Gasteiger partial charge in [0, 0.05) is 69.2 Å². The molecule has 25 nitrogen and oxygen atoms in total. The zero-order chi connectivity index (χ0) is 49.6. The average molecular weight is 949 g/mol. The van der Waals surface area contributed by atoms with Crippen molar-refractivity contribution in [1.82, 2.24) is 0 Å². The van der Waals surface area contributed by atoms with Crippen LogP contribution in [-0.2, 0) is 119 Å². The van der Waals surface area contributed by atoms with Crippen LogP contribution in [0.1, 0.15) is 75.7 Å². The lowest BCUT2D eigenvalue weighted by atomic mass is 9.92. The van der Waals surface area contributed by atoms with Crippen LogP contribution in [0.25, 0.3) is 0 Å². The minimum Gasteiger partial charge on any atom is -0.463 e. The molecule has 0 aromatic heterocycles. The van der Waals surface area contributed by atoms with Crippen molar-refractivity contribution in [1.29, 1.82) is 0 Å². The van der Waals surface area contributed by atoms with E-state index in [4.69, 9.17) is 71.1 Å². The van der Waals surface area contributed by atoms with Crippen molar-refractivity contribution in [2.24, 2.45) is 0 Å². The molecule has 0 bridgehead atoms. The van der Waals surface area contributed by atoms with Crippen molar-refractivity contribution in [3.63, 3.8) is 0 Å². The van der Waals surface area contributed by atoms with Gasteiger partial charge in [0.15, 0.2) is 55.3 Å². The van der Waals surface area contributed by atoms with Crippen LogP contribution in [0.4, 0.5) is 0 Å². The Hall–Kier alpha value is -5.76. The molecule has 0 amide bonds. The van der Waals surface area contributed by atoms with Gasteiger partial charge in [-0.1, -0.05) is 6.08 Å². The molecule has 3 rings (SSSR count). The van der Waals surface area contributed by atoms with Crippen molar-refractivity contribution < 1.29 is 119 Å². The molecule has 66 heavy (non-hydrogen) atoms. The lowest BCUT2D eigenvalue weighted by molar-refractivity contribution is -0.373. The van der Waals surface area contributed by atoms with Crippen LogP contribution in [0.2, 0.25) is 0 Å². The van der Waals surface area contributed by atoms with E-state index in [1.165, 1.54) is 6.08 Å². The zero-order valence-electron chi connectivity index (χ0n) is 38.0. The topological polar surface area (TPSA) is 309 Å². The molecule has 370 valence electrons. The van der Waals surface area contributed by atoms with Crippen LogP contribution in [0, 0.1) is 0 Å². The molecule has 0 spiro atoms. The average Bonchev–Trinajstić information content (AvgIpc) is 3.17. The van der Waals surface area contributed by atoms with Crippen LogP contribution in [0.3, 0.4) is 0 Å². The summed E-state index contributed by atoms with van der Waals surface area (Å²) in [7, 11) is 0. The molecule has 3 aliphatic rings. The monoisotopic (exact) mass is 948 g/mol. The summed E-state index contributed by atoms with van der Waals surface area (Å²) in [5.41, 5.74) is 0. The van der Waals surface area contributed by atoms with E-state index in [2.05, 4.69) is 6.58 Å². The van der Waals surface area contributed by atoms with Crippen molar-refractivity contribution in [2.45, 2.75) is 168 Å². The van der Waals surface area contributed by atoms with Gasteiger partial charge >= 0.3 is 59.7 Å². The largest absolute Gasteiger partial charge is 0.463 e. The molecule has 3 heterocycles. The van der Waals surface area contributed by atoms with E-state index in [9.17, 15) is 47.9 Å². The maximum atomic E-state index is 13.0. The highest BCUT2D eigenvalue weighted by Gasteiger charge is 2.59. The fraction of sp³-hybridized carbons (Fsp3) is 0.707. The minimum absolute atomic E-state index is 0.00620. The molecule has 0 N–H and O–H groups in total. The minimum atomic E-state index is -1.97. The van der Waals surface area contributed by atoms with Gasteiger partial charge in [-0.25, -0.2) is 0 Å². The number of hydrogen-bond acceptors (Lipinski definition) is 25. The second-order valence-electron chi connectivity index (χ2n) is 15.0. The Kier molecular flexibility index (Phi) is 20.9. The van der Waals surface area contributed by atoms with E-state index in [1.807, 2.05) is 0 Å². The fourth-order valence-corrected chi connectivity index (χ4v) is 7.24. The molecule has 3 fully saturated rings. The van der Waals surface area contributed by atoms with Gasteiger partial charge in [0.25, 0.3) is 0 Å². The number of hydrogen-bond donors (Lipinski definition) is 0. The fourth-order valence-electron chi connectivity index (χ4n) is 7.24. The maximum absolute atomic E-state index is 13.0. The Bertz CT molecular complexity index is 1800. The SMILES string of the molecule is C=CC[C@@H]1O[C@H](COC(C)=O)[C@@H](O[C@@H]2O[C@H](COC(C)=O)[C@@H](O[C@@H]3O[C@H](COC(C)=O)[C@@H](OC(C)=O)[C@H](OC(C)=O)[C@H]3OC(C)=O)[C@H](OC(C)=O)[C@H]2OC(C)=O)[C@H](OC(C)=O)[C@H]1OC(C)=O. The van der Waals surface area contributed by atoms with Crippen LogP contribution in [-0.4, -0.2) is 171 Å². The molecule has 0 aromatic rings. The maximum Gasteiger partial charge on any atom is 0.303 e. The molecule has 0 saturated carbocycles. The van der Waals surface area contributed by atoms with E-state index < -0.39 is 171 Å². The summed E-state index contributed by atoms with van der Waals surface area (Å²) in [6, 6.07) is 0. The Morgan fingerprint density at radius 3 is 0.924 bits per heavy atom. The highest BCUT2D eigenvalue weighted by atomic mass is 16.8. The van der Waals surface area contributed by atoms with Crippen LogP contribution < -0.4 is 0 Å². The molecule has 15 atom stereocenters. The Balaban J connectivity index is 2.30. The van der Waals surface area contributed by atoms with Crippen molar-refractivity contribution in [3.8, 4) is 0 Å². The molecular weight excluding hydrogens is 892 g/mol. The Morgan fingerprint density at radius 1 is 0.348 bits per heavy atom. The van der Waals surface area contributed by atoms with Gasteiger partial charge in [0.2, 0.25) is 0 Å². The van der Waals surface area contributed by atoms with Crippen LogP contribution in [0.15, 0.2) is 12.7 Å². The number of carbonyl (C=O) groups excluding carboxylic acids is 10. The summed E-state index contributed by atoms with van der Waals surface area (Å²) in [6.45, 7) is 11.9. The molecular formula is C41H56O25. The normalized spacial score (nSPS) is 31.6. The first kappa shape index (κ1) is 54.6. The predicted octanol–water partition coefficient (Wildman–Crippen LogP) is -0.239. The third-order valence-corrected chi connectivity index (χ3v) is 9.36. The number of carbonyl (C=O) groups is 10. The van der Waals surface area contributed by atoms with Gasteiger partial charge in [0.05, 0.1) is 0 Å². The Morgan fingerprint density at radius 2 is 0.606 bits per heavy atom. The number of rotatable bonds is 19. The van der Waals surface area contributed by atoms with Crippen LogP contribution in [0.5, 0.6) is 0 Å². The van der Waals surface area contributed by atoms with E-state index in [0.717, 1.165) is 69.2 Å². The molecule has 3 saturated heterocycles. The highest BCUT2D eigenvalue weighted by Crippen LogP contribution is 2.38. The summed E-state index contributed by atoms with van der Waals surface area (Å²) in [5.74, 6) is -9.16.